The number of hydrogen-bond acceptors (Lipinski definition) is 2. The number of nitrogens with zero attached hydrogens (tertiary/aromatic N) is 1. The molecule has 0 fully saturated rings. The van der Waals surface area contributed by atoms with Crippen LogP contribution in [0.5, 0.6) is 0 Å². The number of benzene rings is 1. The molecule has 0 atom stereocenters. The standard InChI is InChI=1S/C13H16N2O/c1-8-4-9(2)13(10(3)5-8)12-6-11(7-16)14-15-12/h4-6,16H,7H2,1-3H3,(H,14,15). The van der Waals surface area contributed by atoms with Crippen molar-refractivity contribution in [3.05, 3.63) is 40.6 Å². The van der Waals surface area contributed by atoms with Gasteiger partial charge in [0.1, 0.15) is 0 Å². The fraction of sp³-hybridized carbons (Fsp3) is 0.308. The van der Waals surface area contributed by atoms with E-state index in [2.05, 4.69) is 43.1 Å². The summed E-state index contributed by atoms with van der Waals surface area (Å²) in [5.41, 5.74) is 6.49. The van der Waals surface area contributed by atoms with Gasteiger partial charge in [0.25, 0.3) is 0 Å². The van der Waals surface area contributed by atoms with Crippen molar-refractivity contribution in [2.24, 2.45) is 0 Å². The molecule has 3 heteroatoms. The summed E-state index contributed by atoms with van der Waals surface area (Å²) in [7, 11) is 0. The quantitative estimate of drug-likeness (QED) is 0.810. The Morgan fingerprint density at radius 1 is 1.12 bits per heavy atom. The Kier molecular flexibility index (Phi) is 2.79. The minimum Gasteiger partial charge on any atom is -0.390 e. The number of hydrogen-bond donors (Lipinski definition) is 2. The van der Waals surface area contributed by atoms with Gasteiger partial charge in [0.2, 0.25) is 0 Å². The van der Waals surface area contributed by atoms with Crippen LogP contribution in [0.25, 0.3) is 11.3 Å². The van der Waals surface area contributed by atoms with Crippen molar-refractivity contribution in [3.8, 4) is 11.3 Å². The van der Waals surface area contributed by atoms with Crippen LogP contribution in [0.4, 0.5) is 0 Å². The van der Waals surface area contributed by atoms with E-state index in [1.807, 2.05) is 6.07 Å². The lowest BCUT2D eigenvalue weighted by Gasteiger charge is -2.08. The number of aryl methyl sites for hydroxylation is 3. The number of aromatic nitrogens is 2. The lowest BCUT2D eigenvalue weighted by Crippen LogP contribution is -1.90. The van der Waals surface area contributed by atoms with Crippen molar-refractivity contribution in [2.75, 3.05) is 0 Å². The Hall–Kier alpha value is -1.61. The van der Waals surface area contributed by atoms with Crippen molar-refractivity contribution in [1.29, 1.82) is 0 Å². The van der Waals surface area contributed by atoms with Gasteiger partial charge >= 0.3 is 0 Å². The van der Waals surface area contributed by atoms with Crippen LogP contribution < -0.4 is 0 Å². The van der Waals surface area contributed by atoms with E-state index >= 15 is 0 Å². The van der Waals surface area contributed by atoms with Crippen LogP contribution in [-0.2, 0) is 6.61 Å². The Morgan fingerprint density at radius 3 is 2.25 bits per heavy atom. The maximum atomic E-state index is 9.01. The molecule has 2 N–H and O–H groups in total. The molecule has 2 aromatic rings. The first-order chi connectivity index (χ1) is 7.61. The molecule has 0 spiro atoms. The average Bonchev–Trinajstić information content (AvgIpc) is 2.64. The maximum absolute atomic E-state index is 9.01. The Labute approximate surface area is 95.1 Å². The summed E-state index contributed by atoms with van der Waals surface area (Å²) in [4.78, 5) is 0. The van der Waals surface area contributed by atoms with E-state index in [1.54, 1.807) is 0 Å². The largest absolute Gasteiger partial charge is 0.390 e. The lowest BCUT2D eigenvalue weighted by atomic mass is 9.97. The molecule has 0 saturated heterocycles. The molecule has 0 saturated carbocycles. The number of rotatable bonds is 2. The zero-order chi connectivity index (χ0) is 11.7. The average molecular weight is 216 g/mol. The highest BCUT2D eigenvalue weighted by molar-refractivity contribution is 5.68. The number of aliphatic hydroxyl groups excluding tert-OH is 1. The topological polar surface area (TPSA) is 48.9 Å². The van der Waals surface area contributed by atoms with E-state index in [4.69, 9.17) is 5.11 Å². The highest BCUT2D eigenvalue weighted by atomic mass is 16.3. The number of H-pyrrole nitrogens is 1. The van der Waals surface area contributed by atoms with Crippen LogP contribution in [0.2, 0.25) is 0 Å². The van der Waals surface area contributed by atoms with Gasteiger partial charge in [-0.05, 0) is 38.0 Å². The third-order valence-corrected chi connectivity index (χ3v) is 2.73. The molecule has 16 heavy (non-hydrogen) atoms. The summed E-state index contributed by atoms with van der Waals surface area (Å²) in [6.07, 6.45) is 0. The van der Waals surface area contributed by atoms with Gasteiger partial charge in [-0.2, -0.15) is 5.10 Å². The third-order valence-electron chi connectivity index (χ3n) is 2.73. The summed E-state index contributed by atoms with van der Waals surface area (Å²) in [5, 5.41) is 16.1. The normalized spacial score (nSPS) is 10.8. The smallest absolute Gasteiger partial charge is 0.0929 e. The van der Waals surface area contributed by atoms with Gasteiger partial charge in [-0.15, -0.1) is 0 Å². The van der Waals surface area contributed by atoms with E-state index in [1.165, 1.54) is 16.7 Å². The number of nitrogens with one attached hydrogen (secondary N) is 1. The Balaban J connectivity index is 2.55. The molecule has 0 aliphatic carbocycles. The van der Waals surface area contributed by atoms with E-state index < -0.39 is 0 Å². The van der Waals surface area contributed by atoms with Gasteiger partial charge in [0.05, 0.1) is 18.0 Å². The minimum atomic E-state index is -0.00302. The molecule has 0 radical (unpaired) electrons. The molecule has 0 aliphatic heterocycles. The number of aromatic amines is 1. The second-order valence-corrected chi connectivity index (χ2v) is 4.21. The molecule has 1 heterocycles. The van der Waals surface area contributed by atoms with E-state index in [0.29, 0.717) is 0 Å². The third kappa shape index (κ3) is 1.86. The maximum Gasteiger partial charge on any atom is 0.0929 e. The first-order valence-electron chi connectivity index (χ1n) is 5.35. The first kappa shape index (κ1) is 10.9. The molecule has 1 aromatic carbocycles. The SMILES string of the molecule is Cc1cc(C)c(-c2cc(CO)[nH]n2)c(C)c1. The molecular formula is C13H16N2O. The van der Waals surface area contributed by atoms with E-state index in [-0.39, 0.29) is 6.61 Å². The highest BCUT2D eigenvalue weighted by Gasteiger charge is 2.09. The van der Waals surface area contributed by atoms with Crippen LogP contribution in [0, 0.1) is 20.8 Å². The molecule has 0 bridgehead atoms. The molecule has 3 nitrogen and oxygen atoms in total. The lowest BCUT2D eigenvalue weighted by molar-refractivity contribution is 0.276. The van der Waals surface area contributed by atoms with Crippen LogP contribution in [-0.4, -0.2) is 15.3 Å². The van der Waals surface area contributed by atoms with Gasteiger partial charge in [-0.1, -0.05) is 17.7 Å². The first-order valence-corrected chi connectivity index (χ1v) is 5.35. The zero-order valence-corrected chi connectivity index (χ0v) is 9.83. The number of aliphatic hydroxyl groups is 1. The van der Waals surface area contributed by atoms with Gasteiger partial charge < -0.3 is 5.11 Å². The van der Waals surface area contributed by atoms with Crippen molar-refractivity contribution in [2.45, 2.75) is 27.4 Å². The molecule has 2 rings (SSSR count). The van der Waals surface area contributed by atoms with Crippen molar-refractivity contribution in [1.82, 2.24) is 10.2 Å². The van der Waals surface area contributed by atoms with Crippen LogP contribution in [0.3, 0.4) is 0 Å². The highest BCUT2D eigenvalue weighted by Crippen LogP contribution is 2.27. The fourth-order valence-electron chi connectivity index (χ4n) is 2.15. The fourth-order valence-corrected chi connectivity index (χ4v) is 2.15. The summed E-state index contributed by atoms with van der Waals surface area (Å²) in [5.74, 6) is 0. The van der Waals surface area contributed by atoms with E-state index in [0.717, 1.165) is 17.0 Å². The second-order valence-electron chi connectivity index (χ2n) is 4.21. The molecule has 1 aromatic heterocycles. The summed E-state index contributed by atoms with van der Waals surface area (Å²) in [6, 6.07) is 6.19. The van der Waals surface area contributed by atoms with Crippen molar-refractivity contribution < 1.29 is 5.11 Å². The predicted octanol–water partition coefficient (Wildman–Crippen LogP) is 2.49. The molecule has 0 aliphatic rings. The predicted molar refractivity (Wildman–Crippen MR) is 64.2 cm³/mol. The van der Waals surface area contributed by atoms with Crippen molar-refractivity contribution >= 4 is 0 Å². The summed E-state index contributed by atoms with van der Waals surface area (Å²) >= 11 is 0. The van der Waals surface area contributed by atoms with Gasteiger partial charge in [-0.3, -0.25) is 5.10 Å². The van der Waals surface area contributed by atoms with Gasteiger partial charge in [0, 0.05) is 5.56 Å². The monoisotopic (exact) mass is 216 g/mol. The second kappa shape index (κ2) is 4.10. The van der Waals surface area contributed by atoms with Crippen molar-refractivity contribution in [3.63, 3.8) is 0 Å². The zero-order valence-electron chi connectivity index (χ0n) is 9.83. The molecule has 84 valence electrons. The molecule has 0 amide bonds. The van der Waals surface area contributed by atoms with Crippen LogP contribution >= 0.6 is 0 Å². The van der Waals surface area contributed by atoms with Crippen LogP contribution in [0.15, 0.2) is 18.2 Å². The molecular weight excluding hydrogens is 200 g/mol. The van der Waals surface area contributed by atoms with Gasteiger partial charge in [-0.25, -0.2) is 0 Å². The summed E-state index contributed by atoms with van der Waals surface area (Å²) < 4.78 is 0. The van der Waals surface area contributed by atoms with Crippen LogP contribution in [0.1, 0.15) is 22.4 Å². The van der Waals surface area contributed by atoms with E-state index in [9.17, 15) is 0 Å². The summed E-state index contributed by atoms with van der Waals surface area (Å²) in [6.45, 7) is 6.26. The Bertz CT molecular complexity index is 491. The minimum absolute atomic E-state index is 0.00302. The Morgan fingerprint density at radius 2 is 1.75 bits per heavy atom. The van der Waals surface area contributed by atoms with Gasteiger partial charge in [0.15, 0.2) is 0 Å². The molecule has 0 unspecified atom stereocenters.